The predicted molar refractivity (Wildman–Crippen MR) is 70.8 cm³/mol. The lowest BCUT2D eigenvalue weighted by Gasteiger charge is -2.33. The fraction of sp³-hybridized carbons (Fsp3) is 0.429. The third-order valence-electron chi connectivity index (χ3n) is 3.34. The van der Waals surface area contributed by atoms with Gasteiger partial charge in [-0.3, -0.25) is 9.69 Å². The maximum Gasteiger partial charge on any atom is 0.257 e. The van der Waals surface area contributed by atoms with Crippen molar-refractivity contribution in [2.24, 2.45) is 0 Å². The Morgan fingerprint density at radius 1 is 1.37 bits per heavy atom. The highest BCUT2D eigenvalue weighted by Gasteiger charge is 2.23. The zero-order chi connectivity index (χ0) is 13.8. The van der Waals surface area contributed by atoms with E-state index in [1.807, 2.05) is 17.9 Å². The van der Waals surface area contributed by atoms with Gasteiger partial charge in [-0.05, 0) is 24.6 Å². The fourth-order valence-electron chi connectivity index (χ4n) is 2.20. The first-order chi connectivity index (χ1) is 9.11. The van der Waals surface area contributed by atoms with Gasteiger partial charge in [0.05, 0.1) is 18.2 Å². The molecule has 1 aliphatic rings. The average molecular weight is 259 g/mol. The van der Waals surface area contributed by atoms with Gasteiger partial charge in [-0.1, -0.05) is 6.07 Å². The number of nitriles is 1. The Bertz CT molecular complexity index is 514. The number of rotatable bonds is 2. The summed E-state index contributed by atoms with van der Waals surface area (Å²) in [6.07, 6.45) is 0. The number of carbonyl (C=O) groups excluding carboxylic acids is 1. The topological polar surface area (TPSA) is 67.6 Å². The molecule has 0 spiro atoms. The fourth-order valence-corrected chi connectivity index (χ4v) is 2.20. The Hall–Kier alpha value is -2.06. The molecule has 2 rings (SSSR count). The molecule has 1 heterocycles. The average Bonchev–Trinajstić information content (AvgIpc) is 2.39. The number of carbonyl (C=O) groups is 1. The minimum atomic E-state index is -0.144. The molecule has 0 bridgehead atoms. The molecule has 19 heavy (non-hydrogen) atoms. The van der Waals surface area contributed by atoms with Crippen LogP contribution in [0.4, 0.5) is 0 Å². The number of hydrogen-bond acceptors (Lipinski definition) is 4. The number of amides is 1. The highest BCUT2D eigenvalue weighted by atomic mass is 16.3. The van der Waals surface area contributed by atoms with E-state index in [2.05, 4.69) is 6.07 Å². The van der Waals surface area contributed by atoms with Gasteiger partial charge < -0.3 is 10.0 Å². The maximum atomic E-state index is 12.3. The molecule has 1 aromatic carbocycles. The van der Waals surface area contributed by atoms with Crippen LogP contribution in [0.15, 0.2) is 18.2 Å². The second kappa shape index (κ2) is 5.72. The molecule has 0 atom stereocenters. The molecule has 1 saturated heterocycles. The first kappa shape index (κ1) is 13.4. The summed E-state index contributed by atoms with van der Waals surface area (Å²) >= 11 is 0. The Kier molecular flexibility index (Phi) is 4.03. The van der Waals surface area contributed by atoms with E-state index < -0.39 is 0 Å². The lowest BCUT2D eigenvalue weighted by Crippen LogP contribution is -2.48. The van der Waals surface area contributed by atoms with Gasteiger partial charge >= 0.3 is 0 Å². The summed E-state index contributed by atoms with van der Waals surface area (Å²) in [7, 11) is 0. The summed E-state index contributed by atoms with van der Waals surface area (Å²) < 4.78 is 0. The van der Waals surface area contributed by atoms with Crippen LogP contribution in [0, 0.1) is 18.3 Å². The van der Waals surface area contributed by atoms with Crippen LogP contribution >= 0.6 is 0 Å². The van der Waals surface area contributed by atoms with Gasteiger partial charge in [-0.15, -0.1) is 0 Å². The Morgan fingerprint density at radius 3 is 2.63 bits per heavy atom. The van der Waals surface area contributed by atoms with Crippen molar-refractivity contribution in [1.82, 2.24) is 9.80 Å². The third kappa shape index (κ3) is 3.04. The third-order valence-corrected chi connectivity index (χ3v) is 3.34. The maximum absolute atomic E-state index is 12.3. The van der Waals surface area contributed by atoms with E-state index in [0.717, 1.165) is 5.56 Å². The van der Waals surface area contributed by atoms with Gasteiger partial charge in [0.2, 0.25) is 0 Å². The number of phenolic OH excluding ortho intramolecular Hbond substituents is 1. The van der Waals surface area contributed by atoms with Gasteiger partial charge in [0.15, 0.2) is 0 Å². The normalized spacial score (nSPS) is 16.1. The molecule has 0 radical (unpaired) electrons. The number of aryl methyl sites for hydroxylation is 1. The summed E-state index contributed by atoms with van der Waals surface area (Å²) in [6.45, 7) is 4.85. The van der Waals surface area contributed by atoms with Crippen molar-refractivity contribution in [2.45, 2.75) is 6.92 Å². The molecule has 5 nitrogen and oxygen atoms in total. The molecular formula is C14H17N3O2. The number of hydrogen-bond donors (Lipinski definition) is 1. The van der Waals surface area contributed by atoms with Crippen molar-refractivity contribution >= 4 is 5.91 Å². The van der Waals surface area contributed by atoms with Gasteiger partial charge in [-0.25, -0.2) is 0 Å². The van der Waals surface area contributed by atoms with E-state index in [1.54, 1.807) is 17.0 Å². The van der Waals surface area contributed by atoms with E-state index in [0.29, 0.717) is 38.3 Å². The van der Waals surface area contributed by atoms with Crippen LogP contribution < -0.4 is 0 Å². The molecule has 0 saturated carbocycles. The zero-order valence-electron chi connectivity index (χ0n) is 11.0. The molecule has 0 aliphatic carbocycles. The van der Waals surface area contributed by atoms with Crippen molar-refractivity contribution in [3.8, 4) is 11.8 Å². The SMILES string of the molecule is Cc1ccc(C(=O)N2CCN(CC#N)CC2)c(O)c1. The zero-order valence-corrected chi connectivity index (χ0v) is 11.0. The molecule has 1 aliphatic heterocycles. The highest BCUT2D eigenvalue weighted by Crippen LogP contribution is 2.20. The second-order valence-electron chi connectivity index (χ2n) is 4.75. The summed E-state index contributed by atoms with van der Waals surface area (Å²) in [5.74, 6) is -0.112. The van der Waals surface area contributed by atoms with E-state index >= 15 is 0 Å². The summed E-state index contributed by atoms with van der Waals surface area (Å²) in [5, 5.41) is 18.5. The van der Waals surface area contributed by atoms with Crippen molar-refractivity contribution < 1.29 is 9.90 Å². The van der Waals surface area contributed by atoms with Crippen LogP contribution in [0.1, 0.15) is 15.9 Å². The monoisotopic (exact) mass is 259 g/mol. The van der Waals surface area contributed by atoms with E-state index in [-0.39, 0.29) is 11.7 Å². The van der Waals surface area contributed by atoms with Crippen LogP contribution in [0.5, 0.6) is 5.75 Å². The molecule has 0 aromatic heterocycles. The molecule has 1 amide bonds. The molecule has 1 N–H and O–H groups in total. The van der Waals surface area contributed by atoms with Crippen LogP contribution in [0.2, 0.25) is 0 Å². The minimum Gasteiger partial charge on any atom is -0.507 e. The van der Waals surface area contributed by atoms with Crippen LogP contribution in [-0.2, 0) is 0 Å². The van der Waals surface area contributed by atoms with Crippen LogP contribution in [-0.4, -0.2) is 53.5 Å². The number of piperazine rings is 1. The minimum absolute atomic E-state index is 0.0319. The predicted octanol–water partition coefficient (Wildman–Crippen LogP) is 0.982. The lowest BCUT2D eigenvalue weighted by atomic mass is 10.1. The first-order valence-corrected chi connectivity index (χ1v) is 6.30. The van der Waals surface area contributed by atoms with Gasteiger partial charge in [0.25, 0.3) is 5.91 Å². The first-order valence-electron chi connectivity index (χ1n) is 6.30. The van der Waals surface area contributed by atoms with Gasteiger partial charge in [0, 0.05) is 26.2 Å². The van der Waals surface area contributed by atoms with Crippen molar-refractivity contribution in [1.29, 1.82) is 5.26 Å². The Labute approximate surface area is 112 Å². The Morgan fingerprint density at radius 2 is 2.05 bits per heavy atom. The number of nitrogens with zero attached hydrogens (tertiary/aromatic N) is 3. The molecule has 5 heteroatoms. The molecular weight excluding hydrogens is 242 g/mol. The summed E-state index contributed by atoms with van der Waals surface area (Å²) in [6, 6.07) is 7.19. The van der Waals surface area contributed by atoms with Crippen molar-refractivity contribution in [2.75, 3.05) is 32.7 Å². The van der Waals surface area contributed by atoms with Crippen molar-refractivity contribution in [3.63, 3.8) is 0 Å². The van der Waals surface area contributed by atoms with E-state index in [4.69, 9.17) is 5.26 Å². The second-order valence-corrected chi connectivity index (χ2v) is 4.75. The quantitative estimate of drug-likeness (QED) is 0.804. The molecule has 0 unspecified atom stereocenters. The standard InChI is InChI=1S/C14H17N3O2/c1-11-2-3-12(13(18)10-11)14(19)17-8-6-16(5-4-15)7-9-17/h2-3,10,18H,5-9H2,1H3. The van der Waals surface area contributed by atoms with Crippen molar-refractivity contribution in [3.05, 3.63) is 29.3 Å². The molecule has 1 fully saturated rings. The number of aromatic hydroxyl groups is 1. The van der Waals surface area contributed by atoms with E-state index in [9.17, 15) is 9.90 Å². The van der Waals surface area contributed by atoms with E-state index in [1.165, 1.54) is 0 Å². The number of benzene rings is 1. The molecule has 1 aromatic rings. The van der Waals surface area contributed by atoms with Crippen LogP contribution in [0.25, 0.3) is 0 Å². The highest BCUT2D eigenvalue weighted by molar-refractivity contribution is 5.97. The Balaban J connectivity index is 2.03. The number of phenols is 1. The summed E-state index contributed by atoms with van der Waals surface area (Å²) in [5.41, 5.74) is 1.27. The van der Waals surface area contributed by atoms with Gasteiger partial charge in [-0.2, -0.15) is 5.26 Å². The largest absolute Gasteiger partial charge is 0.507 e. The summed E-state index contributed by atoms with van der Waals surface area (Å²) in [4.78, 5) is 16.0. The van der Waals surface area contributed by atoms with Gasteiger partial charge in [0.1, 0.15) is 5.75 Å². The molecule has 100 valence electrons. The smallest absolute Gasteiger partial charge is 0.257 e. The van der Waals surface area contributed by atoms with Crippen LogP contribution in [0.3, 0.4) is 0 Å². The lowest BCUT2D eigenvalue weighted by molar-refractivity contribution is 0.0649.